The fourth-order valence-electron chi connectivity index (χ4n) is 17.5. The fourth-order valence-corrected chi connectivity index (χ4v) is 17.5. The first-order valence-corrected chi connectivity index (χ1v) is 48.9. The van der Waals surface area contributed by atoms with Crippen LogP contribution in [0.15, 0.2) is 133 Å². The topological polar surface area (TPSA) is 537 Å². The molecule has 42 nitrogen and oxygen atoms in total. The molecule has 4 aliphatic rings. The van der Waals surface area contributed by atoms with Gasteiger partial charge in [-0.1, -0.05) is 163 Å². The minimum atomic E-state index is -1.18. The van der Waals surface area contributed by atoms with Crippen molar-refractivity contribution >= 4 is 144 Å². The lowest BCUT2D eigenvalue weighted by atomic mass is 9.85. The van der Waals surface area contributed by atoms with E-state index in [4.69, 9.17) is 9.47 Å². The third-order valence-electron chi connectivity index (χ3n) is 27.5. The van der Waals surface area contributed by atoms with Crippen LogP contribution in [0.25, 0.3) is 0 Å². The molecule has 6 heterocycles. The second-order valence-corrected chi connectivity index (χ2v) is 39.9. The lowest BCUT2D eigenvalue weighted by Crippen LogP contribution is -2.59. The number of amides is 16. The molecule has 0 unspecified atom stereocenters. The molecule has 16 N–H and O–H groups in total. The van der Waals surface area contributed by atoms with Gasteiger partial charge in [0.2, 0.25) is 70.9 Å². The van der Waals surface area contributed by atoms with Gasteiger partial charge in [-0.2, -0.15) is 10.2 Å². The SMILES string of the molecule is CN[C@@H](C)C(=O)N[C@H](C(=O)N1C[C@@H](N(C)C(=O)c2cc(C(=O)N(C)[C@H]3C[C@@H](C(=O)N[C@H](C)c4ccccc4)N(C(=O)[C@@H](NC(=O)[C@H](C)NC)C(C)(C)C)C3)[nH]n2)C[C@H]1C(=O)N[C@H](C)c1ccccc1)C(C)(C)C.CN[C@@H](C)C(=O)N[C@H](C(=O)N1C[C@@H](NC(=O)c2cc(C(=O)N[C@H]3C[C@@H](C(=O)N[C@H](C)c4ccccc4)N(C(=O)[C@@H](NC(=O)[C@H](C)NC)[C@@H](C)OC)C3)[nH]n2)C[C@H]1C(=O)N[C@H](C)c1ccccc1)[C@@H](C)OC.Cl.Cl.Cl.Cl. The van der Waals surface area contributed by atoms with Crippen molar-refractivity contribution in [3.05, 3.63) is 178 Å². The maximum Gasteiger partial charge on any atom is 0.274 e. The van der Waals surface area contributed by atoms with E-state index in [2.05, 4.69) is 94.8 Å². The van der Waals surface area contributed by atoms with E-state index in [0.717, 1.165) is 22.3 Å². The lowest BCUT2D eigenvalue weighted by Gasteiger charge is -2.36. The summed E-state index contributed by atoms with van der Waals surface area (Å²) in [4.78, 5) is 231. The number of aromatic amines is 2. The zero-order valence-corrected chi connectivity index (χ0v) is 91.9. The molecular formula is C102H152Cl4N24O18. The largest absolute Gasteiger partial charge is 0.379 e. The van der Waals surface area contributed by atoms with Crippen molar-refractivity contribution in [2.24, 2.45) is 10.8 Å². The Morgan fingerprint density at radius 2 is 0.622 bits per heavy atom. The number of hydrogen-bond donors (Lipinski definition) is 16. The second-order valence-electron chi connectivity index (χ2n) is 39.9. The van der Waals surface area contributed by atoms with Crippen LogP contribution in [0.1, 0.15) is 225 Å². The Kier molecular flexibility index (Phi) is 48.5. The molecule has 4 aromatic carbocycles. The molecule has 0 saturated carbocycles. The average Bonchev–Trinajstić information content (AvgIpc) is 1.65. The van der Waals surface area contributed by atoms with Gasteiger partial charge in [0.05, 0.1) is 72.6 Å². The number of carbonyl (C=O) groups excluding carboxylic acids is 16. The van der Waals surface area contributed by atoms with Crippen molar-refractivity contribution < 1.29 is 86.2 Å². The molecule has 6 aromatic rings. The summed E-state index contributed by atoms with van der Waals surface area (Å²) in [6, 6.07) is 24.3. The van der Waals surface area contributed by atoms with Gasteiger partial charge in [-0.25, -0.2) is 0 Å². The Bertz CT molecular complexity index is 5150. The number of hydrogen-bond acceptors (Lipinski definition) is 24. The maximum absolute atomic E-state index is 14.6. The Hall–Kier alpha value is -12.3. The smallest absolute Gasteiger partial charge is 0.274 e. The number of rotatable bonds is 40. The Labute approximate surface area is 890 Å². The van der Waals surface area contributed by atoms with Crippen LogP contribution in [-0.2, 0) is 67.0 Å². The molecular weight excluding hydrogens is 1990 g/mol. The summed E-state index contributed by atoms with van der Waals surface area (Å²) in [5.74, 6) is -8.14. The van der Waals surface area contributed by atoms with Crippen LogP contribution in [-0.4, -0.2) is 336 Å². The average molecular weight is 2140 g/mol. The summed E-state index contributed by atoms with van der Waals surface area (Å²) < 4.78 is 11.0. The minimum absolute atomic E-state index is 0. The number of nitrogens with zero attached hydrogens (tertiary/aromatic N) is 8. The summed E-state index contributed by atoms with van der Waals surface area (Å²) in [7, 11) is 12.4. The molecule has 0 bridgehead atoms. The number of aromatic nitrogens is 4. The van der Waals surface area contributed by atoms with Crippen molar-refractivity contribution in [2.75, 3.05) is 82.7 Å². The van der Waals surface area contributed by atoms with Crippen LogP contribution in [0, 0.1) is 10.8 Å². The van der Waals surface area contributed by atoms with Crippen molar-refractivity contribution in [3.8, 4) is 0 Å². The van der Waals surface area contributed by atoms with Crippen LogP contribution < -0.4 is 74.4 Å². The number of methoxy groups -OCH3 is 2. The number of halogens is 4. The van der Waals surface area contributed by atoms with E-state index in [1.165, 1.54) is 55.8 Å². The highest BCUT2D eigenvalue weighted by Crippen LogP contribution is 2.34. The van der Waals surface area contributed by atoms with Gasteiger partial charge in [0, 0.05) is 78.7 Å². The fraction of sp³-hybridized carbons (Fsp3) is 0.549. The quantitative estimate of drug-likeness (QED) is 0.0258. The van der Waals surface area contributed by atoms with E-state index in [9.17, 15) is 76.7 Å². The molecule has 148 heavy (non-hydrogen) atoms. The molecule has 2 aromatic heterocycles. The summed E-state index contributed by atoms with van der Waals surface area (Å²) in [5.41, 5.74) is 1.47. The number of likely N-dealkylation sites (tertiary alicyclic amines) is 4. The first-order chi connectivity index (χ1) is 68.0. The van der Waals surface area contributed by atoms with Gasteiger partial charge in [-0.05, 0) is 156 Å². The van der Waals surface area contributed by atoms with Crippen LogP contribution in [0.2, 0.25) is 0 Å². The molecule has 816 valence electrons. The predicted octanol–water partition coefficient (Wildman–Crippen LogP) is 4.03. The molecule has 4 aliphatic heterocycles. The van der Waals surface area contributed by atoms with Gasteiger partial charge in [0.25, 0.3) is 23.6 Å². The number of ether oxygens (including phenoxy) is 2. The van der Waals surface area contributed by atoms with E-state index in [1.54, 1.807) is 83.8 Å². The van der Waals surface area contributed by atoms with Crippen molar-refractivity contribution in [1.82, 2.24) is 124 Å². The van der Waals surface area contributed by atoms with E-state index >= 15 is 0 Å². The summed E-state index contributed by atoms with van der Waals surface area (Å²) in [6.45, 7) is 27.8. The maximum atomic E-state index is 14.6. The predicted molar refractivity (Wildman–Crippen MR) is 567 cm³/mol. The van der Waals surface area contributed by atoms with Crippen molar-refractivity contribution in [3.63, 3.8) is 0 Å². The van der Waals surface area contributed by atoms with E-state index < -0.39 is 227 Å². The van der Waals surface area contributed by atoms with Crippen LogP contribution in [0.4, 0.5) is 0 Å². The van der Waals surface area contributed by atoms with E-state index in [-0.39, 0.29) is 136 Å². The van der Waals surface area contributed by atoms with Crippen LogP contribution >= 0.6 is 49.6 Å². The summed E-state index contributed by atoms with van der Waals surface area (Å²) in [6.07, 6.45) is -1.41. The number of H-pyrrole nitrogens is 2. The normalized spacial score (nSPS) is 20.2. The first kappa shape index (κ1) is 126. The lowest BCUT2D eigenvalue weighted by molar-refractivity contribution is -0.144. The van der Waals surface area contributed by atoms with Gasteiger partial charge >= 0.3 is 0 Å². The summed E-state index contributed by atoms with van der Waals surface area (Å²) >= 11 is 0. The van der Waals surface area contributed by atoms with Crippen molar-refractivity contribution in [1.29, 1.82) is 0 Å². The Morgan fingerprint density at radius 1 is 0.351 bits per heavy atom. The zero-order valence-electron chi connectivity index (χ0n) is 88.6. The van der Waals surface area contributed by atoms with Gasteiger partial charge in [-0.15, -0.1) is 49.6 Å². The monoisotopic (exact) mass is 2140 g/mol. The van der Waals surface area contributed by atoms with E-state index in [0.29, 0.717) is 0 Å². The molecule has 4 saturated heterocycles. The number of benzene rings is 4. The molecule has 10 rings (SSSR count). The van der Waals surface area contributed by atoms with Gasteiger partial charge in [0.15, 0.2) is 11.4 Å². The molecule has 46 heteroatoms. The highest BCUT2D eigenvalue weighted by Gasteiger charge is 2.52. The zero-order chi connectivity index (χ0) is 106. The van der Waals surface area contributed by atoms with Gasteiger partial charge in [-0.3, -0.25) is 86.9 Å². The summed E-state index contributed by atoms with van der Waals surface area (Å²) in [5, 5.41) is 54.1. The molecule has 22 atom stereocenters. The highest BCUT2D eigenvalue weighted by molar-refractivity contribution is 6.02. The van der Waals surface area contributed by atoms with Crippen LogP contribution in [0.5, 0.6) is 0 Å². The molecule has 4 fully saturated rings. The number of carbonyl (C=O) groups is 16. The third-order valence-corrected chi connectivity index (χ3v) is 27.5. The van der Waals surface area contributed by atoms with Crippen molar-refractivity contribution in [2.45, 2.75) is 270 Å². The Balaban J connectivity index is 0.000000507. The molecule has 0 spiro atoms. The molecule has 0 aliphatic carbocycles. The molecule has 16 amide bonds. The van der Waals surface area contributed by atoms with Gasteiger partial charge < -0.3 is 113 Å². The molecule has 0 radical (unpaired) electrons. The van der Waals surface area contributed by atoms with Crippen LogP contribution in [0.3, 0.4) is 0 Å². The van der Waals surface area contributed by atoms with E-state index in [1.807, 2.05) is 191 Å². The number of likely N-dealkylation sites (N-methyl/N-ethyl adjacent to an activating group) is 6. The number of nitrogens with one attached hydrogen (secondary N) is 16. The first-order valence-electron chi connectivity index (χ1n) is 48.9. The highest BCUT2D eigenvalue weighted by atomic mass is 35.5. The van der Waals surface area contributed by atoms with Gasteiger partial charge in [0.1, 0.15) is 59.7 Å². The Morgan fingerprint density at radius 3 is 0.926 bits per heavy atom. The standard InChI is InChI=1S/C53H78N12O8.C49H70N12O10.4ClH/c1-30(34-21-17-15-18-22-34)56-46(68)40-25-36(28-64(40)50(72)42(52(5,6)7)58-44(66)32(3)54-11)62(13)48(70)38-27-39(61-60-38)49(71)63(14)37-26-41(47(69)57-31(2)35-23-19-16-20-24-35)65(29-37)51(73)43(53(8,9)10)59-45(67)33(4)55-12;1-26(32-17-13-11-14-18-32)52-46(66)38-21-34(24-60(38)48(68)40(30(5)70-9)56-42(62)28(3)50-7)54-44(64)36-23-37(59-58-36)45(65)55-35-22-39(47(67)53-27(2)33-19-15-12-16-20-33)61(25-35)49(69)41(31(6)71-10)57-43(63)29(4)51-8;;;;/h15-24,27,30-33,36-37,40-43,54-55H,25-26,28-29H2,1-14H3,(H,56,68)(H,57,69)(H,58,66)(H,59,67)(H,60,61);11-20,23,26-31,34-35,38-41,50-51H,21-22,24-25H2,1-10H3,(H,52,66)(H,53,67)(H,54,64)(H,55,65)(H,56,62)(H,57,63)(H,58,59);4*1H/t30-,31-,32+,33+,36+,37+,40+,41+,42-,43-;26-,27-,28+,29+,30-,31-,34+,35+,38+,39+,40+,41+;;;;/m11..../s1. The minimum Gasteiger partial charge on any atom is -0.379 e. The third kappa shape index (κ3) is 32.4. The second kappa shape index (κ2) is 56.9.